The Morgan fingerprint density at radius 2 is 0.439 bits per heavy atom. The van der Waals surface area contributed by atoms with Crippen molar-refractivity contribution in [3.63, 3.8) is 0 Å². The lowest BCUT2D eigenvalue weighted by molar-refractivity contribution is -0.136. The van der Waals surface area contributed by atoms with E-state index in [1.165, 1.54) is 0 Å². The first-order valence-corrected chi connectivity index (χ1v) is 32.1. The molecule has 11 amide bonds. The zero-order chi connectivity index (χ0) is 74.1. The summed E-state index contributed by atoms with van der Waals surface area (Å²) in [6, 6.07) is -12.9. The van der Waals surface area contributed by atoms with Gasteiger partial charge in [0.25, 0.3) is 0 Å². The zero-order valence-electron chi connectivity index (χ0n) is 55.7. The number of nitrogens with zero attached hydrogens (tertiary/aromatic N) is 6. The van der Waals surface area contributed by atoms with Crippen LogP contribution < -0.4 is 145 Å². The lowest BCUT2D eigenvalue weighted by Gasteiger charge is -2.28. The number of carbonyl (C=O) groups excluding carboxylic acids is 11. The van der Waals surface area contributed by atoms with Crippen LogP contribution in [0.25, 0.3) is 0 Å². The molecule has 0 aliphatic carbocycles. The molecule has 0 aromatic carbocycles. The van der Waals surface area contributed by atoms with Crippen LogP contribution in [0.5, 0.6) is 0 Å². The molecule has 556 valence electrons. The van der Waals surface area contributed by atoms with Gasteiger partial charge in [0.1, 0.15) is 54.4 Å². The Morgan fingerprint density at radius 3 is 0.633 bits per heavy atom. The van der Waals surface area contributed by atoms with Gasteiger partial charge in [-0.3, -0.25) is 82.7 Å². The van der Waals surface area contributed by atoms with Crippen LogP contribution in [-0.4, -0.2) is 214 Å². The lowest BCUT2D eigenvalue weighted by atomic mass is 10.0. The highest BCUT2D eigenvalue weighted by Gasteiger charge is 2.36. The van der Waals surface area contributed by atoms with Crippen molar-refractivity contribution in [2.45, 2.75) is 183 Å². The molecule has 0 aliphatic heterocycles. The molecule has 0 bridgehead atoms. The highest BCUT2D eigenvalue weighted by atomic mass is 16.2. The van der Waals surface area contributed by atoms with Crippen LogP contribution in [0.15, 0.2) is 30.0 Å². The second-order valence-electron chi connectivity index (χ2n) is 22.5. The summed E-state index contributed by atoms with van der Waals surface area (Å²) in [7, 11) is 0. The van der Waals surface area contributed by atoms with Crippen molar-refractivity contribution in [3.05, 3.63) is 0 Å². The van der Waals surface area contributed by atoms with E-state index in [0.717, 1.165) is 0 Å². The highest BCUT2D eigenvalue weighted by molar-refractivity contribution is 5.99. The van der Waals surface area contributed by atoms with Gasteiger partial charge in [-0.1, -0.05) is 0 Å². The largest absolute Gasteiger partial charge is 0.370 e. The average molecular weight is 1400 g/mol. The van der Waals surface area contributed by atoms with Crippen molar-refractivity contribution in [1.29, 1.82) is 0 Å². The summed E-state index contributed by atoms with van der Waals surface area (Å²) in [6.07, 6.45) is 0.240. The molecule has 43 nitrogen and oxygen atoms in total. The molecule has 0 spiro atoms. The van der Waals surface area contributed by atoms with Crippen molar-refractivity contribution in [3.8, 4) is 0 Å². The van der Waals surface area contributed by atoms with Crippen molar-refractivity contribution < 1.29 is 52.7 Å². The number of primary amides is 2. The molecule has 0 aromatic heterocycles. The van der Waals surface area contributed by atoms with E-state index in [1.807, 2.05) is 0 Å². The van der Waals surface area contributed by atoms with Crippen molar-refractivity contribution >= 4 is 101 Å². The van der Waals surface area contributed by atoms with Gasteiger partial charge in [-0.05, 0) is 135 Å². The van der Waals surface area contributed by atoms with Gasteiger partial charge in [-0.15, -0.1) is 0 Å². The van der Waals surface area contributed by atoms with E-state index in [4.69, 9.17) is 97.5 Å². The number of aliphatic imine (C=N–C) groups is 6. The molecule has 43 N–H and O–H groups in total. The zero-order valence-corrected chi connectivity index (χ0v) is 55.7. The van der Waals surface area contributed by atoms with Crippen molar-refractivity contribution in [2.75, 3.05) is 58.9 Å². The van der Waals surface area contributed by atoms with E-state index < -0.39 is 139 Å². The average Bonchev–Trinajstić information content (AvgIpc) is 1.57. The molecule has 43 heteroatoms. The first-order valence-electron chi connectivity index (χ1n) is 32.1. The number of carbonyl (C=O) groups is 11. The maximum atomic E-state index is 14.7. The smallest absolute Gasteiger partial charge is 0.243 e. The van der Waals surface area contributed by atoms with Crippen LogP contribution in [-0.2, 0) is 52.7 Å². The van der Waals surface area contributed by atoms with Crippen LogP contribution in [0.2, 0.25) is 0 Å². The molecule has 0 aromatic rings. The SMILES string of the molecule is NCCCC[C@H](NC(=O)[C@H](CCCN=C(N)N)NC(=O)CN)C(=O)N[C@@H](CCCCN)C(=O)N[C@@H](CCCN=C(N)N)C(=O)N[C@@H](CCCN=C(N)N)C(=O)N[C@@H](CCC(N)=O)C(=O)N[C@@H](CCCN=C(N)N)C(=O)N[C@@H](CCCN=C(N)N)C(=O)N[C@@H](CCCN=C(N)N)C(N)=O. The summed E-state index contributed by atoms with van der Waals surface area (Å²) in [5.41, 5.74) is 94.4. The number of amides is 11. The van der Waals surface area contributed by atoms with Crippen LogP contribution in [0.1, 0.15) is 128 Å². The first kappa shape index (κ1) is 87.7. The van der Waals surface area contributed by atoms with E-state index in [0.29, 0.717) is 19.3 Å². The van der Waals surface area contributed by atoms with Gasteiger partial charge in [0.2, 0.25) is 65.0 Å². The maximum Gasteiger partial charge on any atom is 0.243 e. The van der Waals surface area contributed by atoms with E-state index in [9.17, 15) is 52.7 Å². The molecule has 0 aliphatic rings. The molecular weight excluding hydrogens is 1280 g/mol. The number of nitrogens with one attached hydrogen (secondary N) is 9. The Balaban J connectivity index is 7.58. The Kier molecular flexibility index (Phi) is 45.6. The van der Waals surface area contributed by atoms with Crippen LogP contribution in [0.3, 0.4) is 0 Å². The van der Waals surface area contributed by atoms with Crippen molar-refractivity contribution in [2.24, 2.45) is 127 Å². The monoisotopic (exact) mass is 1390 g/mol. The molecule has 0 rings (SSSR count). The second-order valence-corrected chi connectivity index (χ2v) is 22.5. The van der Waals surface area contributed by atoms with Gasteiger partial charge in [-0.25, -0.2) is 0 Å². The number of rotatable bonds is 54. The van der Waals surface area contributed by atoms with Gasteiger partial charge in [0.05, 0.1) is 6.54 Å². The topological polar surface area (TPSA) is 813 Å². The summed E-state index contributed by atoms with van der Waals surface area (Å²) in [5, 5.41) is 23.4. The number of nitrogens with two attached hydrogens (primary N) is 17. The van der Waals surface area contributed by atoms with Crippen LogP contribution in [0.4, 0.5) is 0 Å². The number of hydrogen-bond acceptors (Lipinski definition) is 20. The van der Waals surface area contributed by atoms with Gasteiger partial charge in [-0.2, -0.15) is 0 Å². The third-order valence-corrected chi connectivity index (χ3v) is 14.2. The molecule has 0 saturated heterocycles. The molecular formula is C55H110N32O11. The first-order chi connectivity index (χ1) is 46.3. The van der Waals surface area contributed by atoms with Gasteiger partial charge < -0.3 is 145 Å². The lowest BCUT2D eigenvalue weighted by Crippen LogP contribution is -2.60. The fourth-order valence-electron chi connectivity index (χ4n) is 9.16. The number of unbranched alkanes of at least 4 members (excludes halogenated alkanes) is 2. The molecule has 0 saturated carbocycles. The fourth-order valence-corrected chi connectivity index (χ4v) is 9.16. The summed E-state index contributed by atoms with van der Waals surface area (Å²) in [4.78, 5) is 176. The fraction of sp³-hybridized carbons (Fsp3) is 0.691. The summed E-state index contributed by atoms with van der Waals surface area (Å²) in [5.74, 6) is -11.5. The summed E-state index contributed by atoms with van der Waals surface area (Å²) < 4.78 is 0. The van der Waals surface area contributed by atoms with Crippen molar-refractivity contribution in [1.82, 2.24) is 47.9 Å². The molecule has 0 heterocycles. The van der Waals surface area contributed by atoms with Gasteiger partial charge in [0.15, 0.2) is 35.8 Å². The van der Waals surface area contributed by atoms with Gasteiger partial charge in [0, 0.05) is 45.7 Å². The number of guanidine groups is 6. The summed E-state index contributed by atoms with van der Waals surface area (Å²) in [6.45, 7) is -0.0432. The second kappa shape index (κ2) is 51.0. The number of hydrogen-bond donors (Lipinski definition) is 26. The minimum Gasteiger partial charge on any atom is -0.370 e. The quantitative estimate of drug-likeness (QED) is 0.0153. The van der Waals surface area contributed by atoms with E-state index in [-0.39, 0.29) is 184 Å². The third-order valence-electron chi connectivity index (χ3n) is 14.2. The molecule has 98 heavy (non-hydrogen) atoms. The van der Waals surface area contributed by atoms with Crippen LogP contribution >= 0.6 is 0 Å². The Hall–Kier alpha value is -10.3. The van der Waals surface area contributed by atoms with Gasteiger partial charge >= 0.3 is 0 Å². The Labute approximate surface area is 568 Å². The Morgan fingerprint density at radius 1 is 0.245 bits per heavy atom. The van der Waals surface area contributed by atoms with E-state index >= 15 is 0 Å². The normalized spacial score (nSPS) is 13.5. The molecule has 0 radical (unpaired) electrons. The standard InChI is InChI=1S/C55H110N32O11/c56-21-3-1-11-32(81-42(91)31(79-40(89)29-58)14-6-24-74-51(63)64)44(93)82-33(12-2-4-22-57)45(94)84-35(16-8-26-76-53(67)68)46(95)85-37(18-10-28-78-55(71)72)48(97)87-38(19-20-39(59)88)49(98)86-36(17-9-27-77-54(69)70)47(96)83-34(15-7-25-75-52(65)66)43(92)80-30(41(60)90)13-5-23-73-50(61)62/h30-38H,1-29,56-58H2,(H2,59,88)(H2,60,90)(H,79,89)(H,80,92)(H,81,91)(H,82,93)(H,83,96)(H,84,94)(H,85,95)(H,86,98)(H,87,97)(H4,61,62,73)(H4,63,64,74)(H4,65,66,75)(H4,67,68,76)(H4,69,70,77)(H4,71,72,78)/t30-,31-,32-,33-,34-,35-,36-,37-,38-/m0/s1. The molecule has 0 fully saturated rings. The minimum atomic E-state index is -1.70. The molecule has 9 atom stereocenters. The minimum absolute atomic E-state index is 0.00313. The highest BCUT2D eigenvalue weighted by Crippen LogP contribution is 2.13. The Bertz CT molecular complexity index is 2710. The van der Waals surface area contributed by atoms with E-state index in [2.05, 4.69) is 77.8 Å². The summed E-state index contributed by atoms with van der Waals surface area (Å²) >= 11 is 0. The van der Waals surface area contributed by atoms with Crippen LogP contribution in [0, 0.1) is 0 Å². The van der Waals surface area contributed by atoms with E-state index in [1.54, 1.807) is 0 Å². The predicted octanol–water partition coefficient (Wildman–Crippen LogP) is -12.4. The maximum absolute atomic E-state index is 14.7. The third kappa shape index (κ3) is 42.2. The predicted molar refractivity (Wildman–Crippen MR) is 369 cm³/mol. The molecule has 0 unspecified atom stereocenters.